The molecule has 3 aromatic rings. The van der Waals surface area contributed by atoms with Crippen LogP contribution in [0.25, 0.3) is 5.65 Å². The van der Waals surface area contributed by atoms with Crippen molar-refractivity contribution in [1.29, 1.82) is 0 Å². The first-order chi connectivity index (χ1) is 14.3. The minimum absolute atomic E-state index is 0.0401. The molecule has 0 aromatic carbocycles. The number of carbonyl (C=O) groups is 1. The van der Waals surface area contributed by atoms with Crippen molar-refractivity contribution in [3.05, 3.63) is 42.0 Å². The summed E-state index contributed by atoms with van der Waals surface area (Å²) in [5.74, 6) is -0.129. The van der Waals surface area contributed by atoms with Crippen molar-refractivity contribution in [1.82, 2.24) is 24.6 Å². The highest BCUT2D eigenvalue weighted by atomic mass is 19.4. The first-order valence-electron chi connectivity index (χ1n) is 9.59. The summed E-state index contributed by atoms with van der Waals surface area (Å²) < 4.78 is 41.4. The second-order valence-electron chi connectivity index (χ2n) is 7.33. The number of hydrogen-bond donors (Lipinski definition) is 2. The number of hydrogen-bond acceptors (Lipinski definition) is 6. The molecule has 3 heterocycles. The molecule has 1 saturated carbocycles. The Kier molecular flexibility index (Phi) is 5.27. The molecule has 1 fully saturated rings. The SMILES string of the molecule is CC(=O)Nc1nc(N[C@@H]2CCC[C@H](c3nnc4ccccn34)C2)ncc1C(F)(F)F. The van der Waals surface area contributed by atoms with Crippen molar-refractivity contribution in [2.75, 3.05) is 10.6 Å². The molecule has 3 aromatic heterocycles. The zero-order valence-electron chi connectivity index (χ0n) is 16.1. The average Bonchev–Trinajstić information content (AvgIpc) is 3.11. The maximum absolute atomic E-state index is 13.2. The van der Waals surface area contributed by atoms with Crippen LogP contribution >= 0.6 is 0 Å². The molecule has 2 N–H and O–H groups in total. The first kappa shape index (κ1) is 20.0. The van der Waals surface area contributed by atoms with Crippen LogP contribution in [0, 0.1) is 0 Å². The summed E-state index contributed by atoms with van der Waals surface area (Å²) in [4.78, 5) is 19.0. The van der Waals surface area contributed by atoms with Gasteiger partial charge in [-0.25, -0.2) is 4.98 Å². The third-order valence-corrected chi connectivity index (χ3v) is 5.10. The van der Waals surface area contributed by atoms with E-state index in [0.717, 1.165) is 44.1 Å². The van der Waals surface area contributed by atoms with E-state index in [1.165, 1.54) is 0 Å². The molecule has 158 valence electrons. The molecule has 4 rings (SSSR count). The van der Waals surface area contributed by atoms with Gasteiger partial charge in [0.2, 0.25) is 11.9 Å². The Bertz CT molecular complexity index is 1070. The molecule has 0 unspecified atom stereocenters. The zero-order chi connectivity index (χ0) is 21.3. The second kappa shape index (κ2) is 7.88. The van der Waals surface area contributed by atoms with E-state index in [1.807, 2.05) is 28.8 Å². The monoisotopic (exact) mass is 419 g/mol. The molecule has 0 bridgehead atoms. The molecule has 1 amide bonds. The number of fused-ring (bicyclic) bond motifs is 1. The Morgan fingerprint density at radius 3 is 2.83 bits per heavy atom. The fraction of sp³-hybridized carbons (Fsp3) is 0.421. The Balaban J connectivity index is 1.53. The first-order valence-corrected chi connectivity index (χ1v) is 9.59. The van der Waals surface area contributed by atoms with Gasteiger partial charge in [0.1, 0.15) is 11.4 Å². The predicted molar refractivity (Wildman–Crippen MR) is 103 cm³/mol. The third-order valence-electron chi connectivity index (χ3n) is 5.10. The molecule has 2 atom stereocenters. The molecule has 0 aliphatic heterocycles. The van der Waals surface area contributed by atoms with Crippen LogP contribution in [0.2, 0.25) is 0 Å². The van der Waals surface area contributed by atoms with Crippen molar-refractivity contribution in [3.63, 3.8) is 0 Å². The maximum atomic E-state index is 13.2. The molecule has 0 spiro atoms. The minimum Gasteiger partial charge on any atom is -0.351 e. The lowest BCUT2D eigenvalue weighted by molar-refractivity contribution is -0.137. The highest BCUT2D eigenvalue weighted by Crippen LogP contribution is 2.35. The molecule has 1 aliphatic carbocycles. The zero-order valence-corrected chi connectivity index (χ0v) is 16.1. The number of amides is 1. The van der Waals surface area contributed by atoms with E-state index >= 15 is 0 Å². The van der Waals surface area contributed by atoms with Crippen LogP contribution in [-0.2, 0) is 11.0 Å². The predicted octanol–water partition coefficient (Wildman–Crippen LogP) is 3.63. The summed E-state index contributed by atoms with van der Waals surface area (Å²) in [7, 11) is 0. The van der Waals surface area contributed by atoms with Crippen LogP contribution in [0.15, 0.2) is 30.6 Å². The van der Waals surface area contributed by atoms with Crippen LogP contribution in [0.1, 0.15) is 49.9 Å². The number of alkyl halides is 3. The smallest absolute Gasteiger partial charge is 0.351 e. The molecule has 0 saturated heterocycles. The van der Waals surface area contributed by atoms with Crippen molar-refractivity contribution < 1.29 is 18.0 Å². The fourth-order valence-corrected chi connectivity index (χ4v) is 3.80. The largest absolute Gasteiger partial charge is 0.421 e. The standard InChI is InChI=1S/C19H20F3N7O/c1-11(30)24-16-14(19(20,21)22)10-23-18(26-16)25-13-6-4-5-12(9-13)17-28-27-15-7-2-3-8-29(15)17/h2-3,7-8,10,12-13H,4-6,9H2,1H3,(H2,23,24,25,26,30)/t12-,13+/m0/s1. The highest BCUT2D eigenvalue weighted by Gasteiger charge is 2.36. The van der Waals surface area contributed by atoms with E-state index in [9.17, 15) is 18.0 Å². The van der Waals surface area contributed by atoms with Gasteiger partial charge in [0.15, 0.2) is 11.5 Å². The highest BCUT2D eigenvalue weighted by molar-refractivity contribution is 5.88. The normalized spacial score (nSPS) is 19.6. The van der Waals surface area contributed by atoms with Gasteiger partial charge in [-0.3, -0.25) is 9.20 Å². The minimum atomic E-state index is -4.67. The summed E-state index contributed by atoms with van der Waals surface area (Å²) >= 11 is 0. The molecule has 0 radical (unpaired) electrons. The van der Waals surface area contributed by atoms with Crippen LogP contribution < -0.4 is 10.6 Å². The van der Waals surface area contributed by atoms with E-state index in [0.29, 0.717) is 6.20 Å². The number of rotatable bonds is 4. The number of aromatic nitrogens is 5. The Labute approximate surface area is 169 Å². The Hall–Kier alpha value is -3.24. The van der Waals surface area contributed by atoms with E-state index in [1.54, 1.807) is 0 Å². The van der Waals surface area contributed by atoms with Crippen molar-refractivity contribution in [2.24, 2.45) is 0 Å². The molecular formula is C19H20F3N7O. The third kappa shape index (κ3) is 4.19. The van der Waals surface area contributed by atoms with Crippen LogP contribution in [-0.4, -0.2) is 36.5 Å². The molecular weight excluding hydrogens is 399 g/mol. The van der Waals surface area contributed by atoms with E-state index in [4.69, 9.17) is 0 Å². The summed E-state index contributed by atoms with van der Waals surface area (Å²) in [6.07, 6.45) is 1.35. The molecule has 1 aliphatic rings. The summed E-state index contributed by atoms with van der Waals surface area (Å²) in [5.41, 5.74) is -0.312. The average molecular weight is 419 g/mol. The molecule has 30 heavy (non-hydrogen) atoms. The van der Waals surface area contributed by atoms with Gasteiger partial charge in [-0.1, -0.05) is 12.5 Å². The number of anilines is 2. The van der Waals surface area contributed by atoms with Gasteiger partial charge in [0.05, 0.1) is 0 Å². The van der Waals surface area contributed by atoms with Crippen molar-refractivity contribution in [2.45, 2.75) is 50.7 Å². The van der Waals surface area contributed by atoms with Gasteiger partial charge in [0.25, 0.3) is 0 Å². The number of nitrogens with zero attached hydrogens (tertiary/aromatic N) is 5. The summed E-state index contributed by atoms with van der Waals surface area (Å²) in [6.45, 7) is 1.13. The van der Waals surface area contributed by atoms with Gasteiger partial charge >= 0.3 is 6.18 Å². The van der Waals surface area contributed by atoms with Crippen LogP contribution in [0.3, 0.4) is 0 Å². The van der Waals surface area contributed by atoms with Gasteiger partial charge in [-0.05, 0) is 31.4 Å². The number of halogens is 3. The lowest BCUT2D eigenvalue weighted by Gasteiger charge is -2.29. The number of carbonyl (C=O) groups excluding carboxylic acids is 1. The lowest BCUT2D eigenvalue weighted by Crippen LogP contribution is -2.28. The number of nitrogens with one attached hydrogen (secondary N) is 2. The quantitative estimate of drug-likeness (QED) is 0.670. The van der Waals surface area contributed by atoms with Crippen LogP contribution in [0.4, 0.5) is 24.9 Å². The van der Waals surface area contributed by atoms with E-state index < -0.39 is 23.5 Å². The number of pyridine rings is 1. The fourth-order valence-electron chi connectivity index (χ4n) is 3.80. The van der Waals surface area contributed by atoms with Gasteiger partial charge < -0.3 is 10.6 Å². The maximum Gasteiger partial charge on any atom is 0.421 e. The van der Waals surface area contributed by atoms with Crippen LogP contribution in [0.5, 0.6) is 0 Å². The van der Waals surface area contributed by atoms with Crippen molar-refractivity contribution >= 4 is 23.3 Å². The summed E-state index contributed by atoms with van der Waals surface area (Å²) in [6, 6.07) is 5.65. The molecule has 11 heteroatoms. The molecule has 8 nitrogen and oxygen atoms in total. The topological polar surface area (TPSA) is 97.1 Å². The van der Waals surface area contributed by atoms with Gasteiger partial charge in [-0.2, -0.15) is 18.2 Å². The Morgan fingerprint density at radius 1 is 1.23 bits per heavy atom. The van der Waals surface area contributed by atoms with E-state index in [2.05, 4.69) is 30.8 Å². The van der Waals surface area contributed by atoms with Crippen molar-refractivity contribution in [3.8, 4) is 0 Å². The van der Waals surface area contributed by atoms with Gasteiger partial charge in [0, 0.05) is 31.3 Å². The van der Waals surface area contributed by atoms with E-state index in [-0.39, 0.29) is 17.9 Å². The van der Waals surface area contributed by atoms with Gasteiger partial charge in [-0.15, -0.1) is 10.2 Å². The second-order valence-corrected chi connectivity index (χ2v) is 7.33. The summed E-state index contributed by atoms with van der Waals surface area (Å²) in [5, 5.41) is 13.8. The Morgan fingerprint density at radius 2 is 2.07 bits per heavy atom. The lowest BCUT2D eigenvalue weighted by atomic mass is 9.85.